The molecule has 8 nitrogen and oxygen atoms in total. The molecule has 0 unspecified atom stereocenters. The van der Waals surface area contributed by atoms with Crippen LogP contribution in [0, 0.1) is 5.41 Å². The Kier molecular flexibility index (Phi) is 3.50. The van der Waals surface area contributed by atoms with E-state index in [1.54, 1.807) is 12.1 Å². The van der Waals surface area contributed by atoms with Gasteiger partial charge in [0.05, 0.1) is 25.1 Å². The molecular weight excluding hydrogens is 318 g/mol. The fourth-order valence-electron chi connectivity index (χ4n) is 2.38. The van der Waals surface area contributed by atoms with Crippen LogP contribution in [0.25, 0.3) is 6.08 Å². The summed E-state index contributed by atoms with van der Waals surface area (Å²) in [6.07, 6.45) is 3.02. The minimum atomic E-state index is -0.455. The van der Waals surface area contributed by atoms with E-state index in [0.717, 1.165) is 18.3 Å². The summed E-state index contributed by atoms with van der Waals surface area (Å²) in [5.41, 5.74) is 0.163. The Bertz CT molecular complexity index is 746. The predicted octanol–water partition coefficient (Wildman–Crippen LogP) is 1.19. The summed E-state index contributed by atoms with van der Waals surface area (Å²) in [6, 6.07) is 3.44. The van der Waals surface area contributed by atoms with Gasteiger partial charge in [0.1, 0.15) is 5.76 Å². The molecule has 118 valence electrons. The van der Waals surface area contributed by atoms with Crippen LogP contribution < -0.4 is 0 Å². The Morgan fingerprint density at radius 3 is 2.87 bits per heavy atom. The molecule has 4 rings (SSSR count). The average molecular weight is 331 g/mol. The van der Waals surface area contributed by atoms with Gasteiger partial charge in [-0.25, -0.2) is 0 Å². The third-order valence-electron chi connectivity index (χ3n) is 3.56. The van der Waals surface area contributed by atoms with Crippen molar-refractivity contribution in [2.24, 2.45) is 10.1 Å². The Morgan fingerprint density at radius 1 is 1.30 bits per heavy atom. The highest BCUT2D eigenvalue weighted by molar-refractivity contribution is 8.26. The van der Waals surface area contributed by atoms with Gasteiger partial charge in [-0.05, 0) is 30.0 Å². The van der Waals surface area contributed by atoms with Gasteiger partial charge < -0.3 is 14.1 Å². The van der Waals surface area contributed by atoms with Gasteiger partial charge >= 0.3 is 0 Å². The summed E-state index contributed by atoms with van der Waals surface area (Å²) in [7, 11) is 0. The van der Waals surface area contributed by atoms with Crippen LogP contribution in [0.1, 0.15) is 5.76 Å². The van der Waals surface area contributed by atoms with Crippen molar-refractivity contribution in [2.75, 3.05) is 26.3 Å². The molecule has 9 heteroatoms. The van der Waals surface area contributed by atoms with Crippen molar-refractivity contribution in [1.82, 2.24) is 9.91 Å². The number of amidine groups is 3. The summed E-state index contributed by atoms with van der Waals surface area (Å²) >= 11 is 1.30. The Balaban J connectivity index is 1.63. The van der Waals surface area contributed by atoms with Crippen LogP contribution in [-0.4, -0.2) is 58.3 Å². The number of nitrogens with one attached hydrogen (secondary N) is 1. The van der Waals surface area contributed by atoms with Crippen LogP contribution in [0.15, 0.2) is 38.5 Å². The second-order valence-electron chi connectivity index (χ2n) is 5.02. The van der Waals surface area contributed by atoms with Crippen LogP contribution in [0.5, 0.6) is 0 Å². The number of furan rings is 1. The number of ether oxygens (including phenoxy) is 1. The molecule has 1 fully saturated rings. The lowest BCUT2D eigenvalue weighted by Crippen LogP contribution is -2.39. The molecule has 3 aliphatic heterocycles. The average Bonchev–Trinajstić information content (AvgIpc) is 3.22. The molecule has 0 bridgehead atoms. The molecule has 0 radical (unpaired) electrons. The van der Waals surface area contributed by atoms with E-state index in [4.69, 9.17) is 14.6 Å². The lowest BCUT2D eigenvalue weighted by molar-refractivity contribution is -0.114. The first-order valence-corrected chi connectivity index (χ1v) is 7.90. The third kappa shape index (κ3) is 2.57. The maximum Gasteiger partial charge on any atom is 0.283 e. The number of morpholine rings is 1. The summed E-state index contributed by atoms with van der Waals surface area (Å²) in [6.45, 7) is 2.77. The Hall–Kier alpha value is -2.39. The van der Waals surface area contributed by atoms with Gasteiger partial charge in [0, 0.05) is 13.1 Å². The van der Waals surface area contributed by atoms with E-state index in [-0.39, 0.29) is 11.4 Å². The molecule has 23 heavy (non-hydrogen) atoms. The molecule has 1 N–H and O–H groups in total. The molecule has 1 saturated heterocycles. The highest BCUT2D eigenvalue weighted by Crippen LogP contribution is 2.29. The number of hydrogen-bond acceptors (Lipinski definition) is 7. The maximum absolute atomic E-state index is 12.2. The number of rotatable bonds is 1. The Labute approximate surface area is 136 Å². The van der Waals surface area contributed by atoms with Crippen molar-refractivity contribution in [3.05, 3.63) is 29.7 Å². The topological polar surface area (TPSA) is 94.5 Å². The minimum Gasteiger partial charge on any atom is -0.465 e. The van der Waals surface area contributed by atoms with E-state index in [2.05, 4.69) is 15.0 Å². The van der Waals surface area contributed by atoms with Crippen molar-refractivity contribution >= 4 is 39.9 Å². The number of fused-ring (bicyclic) bond motifs is 1. The van der Waals surface area contributed by atoms with E-state index in [0.29, 0.717) is 24.1 Å². The van der Waals surface area contributed by atoms with Crippen LogP contribution in [0.4, 0.5) is 0 Å². The van der Waals surface area contributed by atoms with Gasteiger partial charge in [-0.15, -0.1) is 5.10 Å². The first-order chi connectivity index (χ1) is 11.2. The molecule has 1 aromatic heterocycles. The van der Waals surface area contributed by atoms with Gasteiger partial charge in [-0.3, -0.25) is 10.2 Å². The fraction of sp³-hybridized carbons (Fsp3) is 0.286. The first-order valence-electron chi connectivity index (χ1n) is 7.09. The molecule has 0 saturated carbocycles. The van der Waals surface area contributed by atoms with E-state index < -0.39 is 5.91 Å². The van der Waals surface area contributed by atoms with E-state index in [1.807, 2.05) is 0 Å². The largest absolute Gasteiger partial charge is 0.465 e. The molecule has 0 aromatic carbocycles. The monoisotopic (exact) mass is 331 g/mol. The van der Waals surface area contributed by atoms with Gasteiger partial charge in [0.15, 0.2) is 11.0 Å². The number of hydrazone groups is 1. The predicted molar refractivity (Wildman–Crippen MR) is 86.1 cm³/mol. The molecule has 0 atom stereocenters. The summed E-state index contributed by atoms with van der Waals surface area (Å²) in [5.74, 6) is 0.0525. The van der Waals surface area contributed by atoms with Crippen molar-refractivity contribution in [2.45, 2.75) is 0 Å². The van der Waals surface area contributed by atoms with E-state index in [9.17, 15) is 4.79 Å². The molecule has 0 aliphatic carbocycles. The SMILES string of the molecule is N=C1/C(=C/c2ccco2)C(=O)N=C2SC(N3CCOCC3)=NN12. The second-order valence-corrected chi connectivity index (χ2v) is 5.95. The van der Waals surface area contributed by atoms with Crippen LogP contribution in [-0.2, 0) is 9.53 Å². The number of hydrogen-bond donors (Lipinski definition) is 1. The minimum absolute atomic E-state index is 0.00663. The van der Waals surface area contributed by atoms with Crippen molar-refractivity contribution in [3.63, 3.8) is 0 Å². The van der Waals surface area contributed by atoms with Gasteiger partial charge in [0.25, 0.3) is 5.91 Å². The number of carbonyl (C=O) groups is 1. The highest BCUT2D eigenvalue weighted by atomic mass is 32.2. The normalized spacial score (nSPS) is 23.2. The first kappa shape index (κ1) is 14.2. The number of nitrogens with zero attached hydrogens (tertiary/aromatic N) is 4. The van der Waals surface area contributed by atoms with Gasteiger partial charge in [-0.1, -0.05) is 0 Å². The fourth-order valence-corrected chi connectivity index (χ4v) is 3.32. The van der Waals surface area contributed by atoms with Gasteiger partial charge in [0.2, 0.25) is 5.17 Å². The number of thioether (sulfide) groups is 1. The van der Waals surface area contributed by atoms with Crippen LogP contribution in [0.2, 0.25) is 0 Å². The third-order valence-corrected chi connectivity index (χ3v) is 4.52. The summed E-state index contributed by atoms with van der Waals surface area (Å²) < 4.78 is 10.5. The molecule has 4 heterocycles. The zero-order valence-corrected chi connectivity index (χ0v) is 12.9. The number of carbonyl (C=O) groups excluding carboxylic acids is 1. The number of aliphatic imine (C=N–C) groups is 1. The zero-order chi connectivity index (χ0) is 15.8. The Morgan fingerprint density at radius 2 is 2.13 bits per heavy atom. The summed E-state index contributed by atoms with van der Waals surface area (Å²) in [4.78, 5) is 18.3. The molecule has 0 spiro atoms. The highest BCUT2D eigenvalue weighted by Gasteiger charge is 2.37. The molecule has 3 aliphatic rings. The lowest BCUT2D eigenvalue weighted by Gasteiger charge is -2.26. The van der Waals surface area contributed by atoms with Gasteiger partial charge in [-0.2, -0.15) is 10.0 Å². The maximum atomic E-state index is 12.2. The van der Waals surface area contributed by atoms with Crippen molar-refractivity contribution in [1.29, 1.82) is 5.41 Å². The standard InChI is InChI=1S/C14H13N5O3S/c15-11-10(8-9-2-1-5-22-9)12(20)16-13-19(11)17-14(23-13)18-3-6-21-7-4-18/h1-2,5,8,15H,3-4,6-7H2/b10-8-,15-11?. The second kappa shape index (κ2) is 5.67. The summed E-state index contributed by atoms with van der Waals surface area (Å²) in [5, 5.41) is 15.2. The lowest BCUT2D eigenvalue weighted by atomic mass is 10.1. The van der Waals surface area contributed by atoms with Crippen LogP contribution in [0.3, 0.4) is 0 Å². The van der Waals surface area contributed by atoms with E-state index in [1.165, 1.54) is 29.1 Å². The molecule has 1 aromatic rings. The zero-order valence-electron chi connectivity index (χ0n) is 12.1. The smallest absolute Gasteiger partial charge is 0.283 e. The quantitative estimate of drug-likeness (QED) is 0.777. The molecule has 1 amide bonds. The number of amides is 1. The van der Waals surface area contributed by atoms with Crippen LogP contribution >= 0.6 is 11.8 Å². The van der Waals surface area contributed by atoms with E-state index >= 15 is 0 Å². The van der Waals surface area contributed by atoms with Crippen molar-refractivity contribution < 1.29 is 13.9 Å². The van der Waals surface area contributed by atoms with Crippen molar-refractivity contribution in [3.8, 4) is 0 Å². The molecular formula is C14H13N5O3S.